The summed E-state index contributed by atoms with van der Waals surface area (Å²) >= 11 is 6.27. The van der Waals surface area contributed by atoms with Gasteiger partial charge in [0.15, 0.2) is 11.0 Å². The molecule has 1 aliphatic heterocycles. The number of carbonyl (C=O) groups excluding carboxylic acids is 1. The first-order valence-corrected chi connectivity index (χ1v) is 13.0. The summed E-state index contributed by atoms with van der Waals surface area (Å²) in [6.07, 6.45) is 4.31. The van der Waals surface area contributed by atoms with Crippen molar-refractivity contribution in [1.29, 1.82) is 0 Å². The summed E-state index contributed by atoms with van der Waals surface area (Å²) in [6.45, 7) is 12.7. The Hall–Kier alpha value is -3.55. The Labute approximate surface area is 219 Å². The van der Waals surface area contributed by atoms with Gasteiger partial charge in [-0.25, -0.2) is 14.2 Å². The molecule has 0 bridgehead atoms. The summed E-state index contributed by atoms with van der Waals surface area (Å²) in [5.74, 6) is 0.0107. The van der Waals surface area contributed by atoms with E-state index in [1.807, 2.05) is 38.1 Å². The van der Waals surface area contributed by atoms with Crippen molar-refractivity contribution in [3.63, 3.8) is 0 Å². The second-order valence-corrected chi connectivity index (χ2v) is 10.1. The van der Waals surface area contributed by atoms with Gasteiger partial charge in [-0.15, -0.1) is 0 Å². The first kappa shape index (κ1) is 25.5. The SMILES string of the molecule is C=CC1=C(C=C)CN(C(=O)c2cccc(S(=O)Nc3nc(Cl)cc(-c4c(C)cccc4C)n3)c2)CC1. The number of hydrogen-bond donors (Lipinski definition) is 1. The molecule has 3 aromatic rings. The first-order chi connectivity index (χ1) is 17.3. The topological polar surface area (TPSA) is 75.2 Å². The number of anilines is 1. The zero-order valence-corrected chi connectivity index (χ0v) is 21.8. The van der Waals surface area contributed by atoms with Gasteiger partial charge in [-0.05, 0) is 60.7 Å². The molecule has 6 nitrogen and oxygen atoms in total. The van der Waals surface area contributed by atoms with Crippen molar-refractivity contribution in [1.82, 2.24) is 14.9 Å². The van der Waals surface area contributed by atoms with E-state index in [1.54, 1.807) is 41.3 Å². The summed E-state index contributed by atoms with van der Waals surface area (Å²) in [4.78, 5) is 24.1. The molecular formula is C28H27ClN4O2S. The van der Waals surface area contributed by atoms with Crippen molar-refractivity contribution in [3.8, 4) is 11.3 Å². The molecule has 1 amide bonds. The predicted molar refractivity (Wildman–Crippen MR) is 146 cm³/mol. The van der Waals surface area contributed by atoms with E-state index in [1.165, 1.54) is 0 Å². The molecule has 36 heavy (non-hydrogen) atoms. The lowest BCUT2D eigenvalue weighted by molar-refractivity contribution is 0.0765. The average Bonchev–Trinajstić information content (AvgIpc) is 2.87. The number of aryl methyl sites for hydroxylation is 2. The quantitative estimate of drug-likeness (QED) is 0.385. The van der Waals surface area contributed by atoms with E-state index < -0.39 is 11.0 Å². The number of amides is 1. The van der Waals surface area contributed by atoms with E-state index in [9.17, 15) is 9.00 Å². The molecule has 2 heterocycles. The molecule has 1 unspecified atom stereocenters. The molecule has 0 saturated carbocycles. The lowest BCUT2D eigenvalue weighted by Gasteiger charge is -2.29. The highest BCUT2D eigenvalue weighted by Crippen LogP contribution is 2.28. The van der Waals surface area contributed by atoms with Crippen LogP contribution in [-0.2, 0) is 11.0 Å². The fourth-order valence-electron chi connectivity index (χ4n) is 4.28. The lowest BCUT2D eigenvalue weighted by atomic mass is 9.99. The number of nitrogens with zero attached hydrogens (tertiary/aromatic N) is 3. The van der Waals surface area contributed by atoms with Gasteiger partial charge in [0.2, 0.25) is 5.95 Å². The minimum absolute atomic E-state index is 0.132. The largest absolute Gasteiger partial charge is 0.334 e. The van der Waals surface area contributed by atoms with E-state index in [4.69, 9.17) is 11.6 Å². The number of carbonyl (C=O) groups is 1. The van der Waals surface area contributed by atoms with Gasteiger partial charge in [0.05, 0.1) is 10.6 Å². The van der Waals surface area contributed by atoms with Crippen molar-refractivity contribution < 1.29 is 9.00 Å². The van der Waals surface area contributed by atoms with Gasteiger partial charge in [-0.2, -0.15) is 0 Å². The number of aromatic nitrogens is 2. The minimum Gasteiger partial charge on any atom is -0.334 e. The molecule has 8 heteroatoms. The molecular weight excluding hydrogens is 492 g/mol. The molecule has 1 aromatic heterocycles. The number of allylic oxidation sites excluding steroid dienone is 1. The molecule has 0 aliphatic carbocycles. The van der Waals surface area contributed by atoms with Crippen LogP contribution in [0.2, 0.25) is 5.15 Å². The van der Waals surface area contributed by atoms with Crippen LogP contribution >= 0.6 is 11.6 Å². The zero-order chi connectivity index (χ0) is 25.8. The van der Waals surface area contributed by atoms with Crippen LogP contribution in [0.15, 0.2) is 89.9 Å². The van der Waals surface area contributed by atoms with Crippen LogP contribution in [0.1, 0.15) is 27.9 Å². The number of rotatable bonds is 7. The van der Waals surface area contributed by atoms with Crippen LogP contribution in [0.4, 0.5) is 5.95 Å². The molecule has 0 radical (unpaired) electrons. The maximum absolute atomic E-state index is 13.2. The summed E-state index contributed by atoms with van der Waals surface area (Å²) in [5, 5.41) is 0.237. The monoisotopic (exact) mass is 518 g/mol. The number of halogens is 1. The maximum atomic E-state index is 13.2. The third-order valence-electron chi connectivity index (χ3n) is 6.12. The van der Waals surface area contributed by atoms with Crippen LogP contribution in [0, 0.1) is 13.8 Å². The van der Waals surface area contributed by atoms with E-state index >= 15 is 0 Å². The molecule has 1 atom stereocenters. The van der Waals surface area contributed by atoms with Gasteiger partial charge in [-0.3, -0.25) is 9.52 Å². The second kappa shape index (κ2) is 11.0. The van der Waals surface area contributed by atoms with Crippen molar-refractivity contribution in [3.05, 3.63) is 107 Å². The van der Waals surface area contributed by atoms with Crippen molar-refractivity contribution in [2.45, 2.75) is 25.2 Å². The van der Waals surface area contributed by atoms with Gasteiger partial charge in [0.1, 0.15) is 5.15 Å². The summed E-state index contributed by atoms with van der Waals surface area (Å²) in [6, 6.07) is 14.4. The highest BCUT2D eigenvalue weighted by Gasteiger charge is 2.22. The van der Waals surface area contributed by atoms with E-state index in [0.717, 1.165) is 34.3 Å². The average molecular weight is 519 g/mol. The molecule has 2 aromatic carbocycles. The van der Waals surface area contributed by atoms with Crippen molar-refractivity contribution >= 4 is 34.4 Å². The summed E-state index contributed by atoms with van der Waals surface area (Å²) in [7, 11) is -1.71. The second-order valence-electron chi connectivity index (χ2n) is 8.50. The van der Waals surface area contributed by atoms with Crippen molar-refractivity contribution in [2.75, 3.05) is 17.8 Å². The lowest BCUT2D eigenvalue weighted by Crippen LogP contribution is -2.36. The molecule has 0 saturated heterocycles. The van der Waals surface area contributed by atoms with Crippen molar-refractivity contribution in [2.24, 2.45) is 0 Å². The third-order valence-corrected chi connectivity index (χ3v) is 7.36. The molecule has 0 spiro atoms. The predicted octanol–water partition coefficient (Wildman–Crippen LogP) is 6.06. The molecule has 1 N–H and O–H groups in total. The highest BCUT2D eigenvalue weighted by molar-refractivity contribution is 7.86. The number of hydrogen-bond acceptors (Lipinski definition) is 4. The number of benzene rings is 2. The Morgan fingerprint density at radius 1 is 1.06 bits per heavy atom. The van der Waals surface area contributed by atoms with Gasteiger partial charge in [0, 0.05) is 30.3 Å². The van der Waals surface area contributed by atoms with Crippen LogP contribution in [0.3, 0.4) is 0 Å². The fraction of sp³-hybridized carbons (Fsp3) is 0.179. The van der Waals surface area contributed by atoms with Crippen LogP contribution in [0.25, 0.3) is 11.3 Å². The van der Waals surface area contributed by atoms with Crippen LogP contribution in [-0.4, -0.2) is 38.1 Å². The van der Waals surface area contributed by atoms with Gasteiger partial charge in [0.25, 0.3) is 5.91 Å². The minimum atomic E-state index is -1.71. The normalized spacial score (nSPS) is 14.4. The van der Waals surface area contributed by atoms with Gasteiger partial charge < -0.3 is 4.90 Å². The Balaban J connectivity index is 1.55. The Morgan fingerprint density at radius 3 is 2.44 bits per heavy atom. The Morgan fingerprint density at radius 2 is 1.75 bits per heavy atom. The van der Waals surface area contributed by atoms with Gasteiger partial charge in [-0.1, -0.05) is 61.2 Å². The molecule has 4 rings (SSSR count). The maximum Gasteiger partial charge on any atom is 0.254 e. The molecule has 1 aliphatic rings. The van der Waals surface area contributed by atoms with E-state index in [2.05, 4.69) is 27.8 Å². The van der Waals surface area contributed by atoms with E-state index in [0.29, 0.717) is 29.2 Å². The summed E-state index contributed by atoms with van der Waals surface area (Å²) < 4.78 is 16.0. The number of nitrogens with one attached hydrogen (secondary N) is 1. The Bertz CT molecular complexity index is 1400. The van der Waals surface area contributed by atoms with Gasteiger partial charge >= 0.3 is 0 Å². The highest BCUT2D eigenvalue weighted by atomic mass is 35.5. The molecule has 184 valence electrons. The fourth-order valence-corrected chi connectivity index (χ4v) is 5.28. The van der Waals surface area contributed by atoms with Crippen LogP contribution in [0.5, 0.6) is 0 Å². The Kier molecular flexibility index (Phi) is 7.82. The summed E-state index contributed by atoms with van der Waals surface area (Å²) in [5.41, 5.74) is 6.25. The van der Waals surface area contributed by atoms with E-state index in [-0.39, 0.29) is 17.0 Å². The van der Waals surface area contributed by atoms with Crippen LogP contribution < -0.4 is 4.72 Å². The zero-order valence-electron chi connectivity index (χ0n) is 20.3. The third kappa shape index (κ3) is 5.48. The standard InChI is InChI=1S/C28H27ClN4O2S/c1-5-20-13-14-33(17-21(20)6-2)27(34)22-11-8-12-23(15-22)36(35)32-28-30-24(16-25(29)31-28)26-18(3)9-7-10-19(26)4/h5-12,15-16H,1-2,13-14,17H2,3-4H3,(H,30,31,32). The first-order valence-electron chi connectivity index (χ1n) is 11.5. The molecule has 0 fully saturated rings. The smallest absolute Gasteiger partial charge is 0.254 e.